The van der Waals surface area contributed by atoms with Crippen molar-refractivity contribution in [2.45, 2.75) is 19.3 Å². The van der Waals surface area contributed by atoms with Gasteiger partial charge in [-0.05, 0) is 83.4 Å². The largest absolute Gasteiger partial charge is 0.438 e. The summed E-state index contributed by atoms with van der Waals surface area (Å²) in [4.78, 5) is 2.44. The Morgan fingerprint density at radius 2 is 0.982 bits per heavy atom. The second-order valence-electron chi connectivity index (χ2n) is 15.7. The smallest absolute Gasteiger partial charge is 0.213 e. The average Bonchev–Trinajstić information content (AvgIpc) is 3.91. The zero-order valence-electron chi connectivity index (χ0n) is 31.6. The topological polar surface area (TPSA) is 26.2 Å². The maximum Gasteiger partial charge on any atom is 0.213 e. The van der Waals surface area contributed by atoms with Gasteiger partial charge in [-0.3, -0.25) is 4.57 Å². The van der Waals surface area contributed by atoms with Crippen LogP contribution in [0.4, 0.5) is 17.1 Å². The molecule has 0 fully saturated rings. The summed E-state index contributed by atoms with van der Waals surface area (Å²) in [7, 11) is 0. The van der Waals surface area contributed by atoms with E-state index in [0.717, 1.165) is 55.8 Å². The van der Waals surface area contributed by atoms with E-state index in [1.165, 1.54) is 49.7 Å². The first kappa shape index (κ1) is 32.0. The molecule has 270 valence electrons. The third-order valence-electron chi connectivity index (χ3n) is 12.3. The Hall–Kier alpha value is -7.30. The molecule has 0 atom stereocenters. The quantitative estimate of drug-likeness (QED) is 0.180. The number of para-hydroxylation sites is 6. The number of hydrogen-bond donors (Lipinski definition) is 0. The van der Waals surface area contributed by atoms with Crippen LogP contribution in [0.2, 0.25) is 0 Å². The Labute approximate surface area is 330 Å². The second-order valence-corrected chi connectivity index (χ2v) is 15.7. The number of anilines is 3. The fraction of sp³-hybridized carbons (Fsp3) is 0.0566. The van der Waals surface area contributed by atoms with Gasteiger partial charge >= 0.3 is 0 Å². The van der Waals surface area contributed by atoms with Crippen molar-refractivity contribution < 1.29 is 4.42 Å². The van der Waals surface area contributed by atoms with Crippen molar-refractivity contribution in [2.24, 2.45) is 0 Å². The van der Waals surface area contributed by atoms with Crippen molar-refractivity contribution in [3.8, 4) is 22.5 Å². The van der Waals surface area contributed by atoms with Gasteiger partial charge in [0, 0.05) is 49.6 Å². The highest BCUT2D eigenvalue weighted by molar-refractivity contribution is 6.21. The first-order valence-electron chi connectivity index (χ1n) is 19.7. The van der Waals surface area contributed by atoms with E-state index in [-0.39, 0.29) is 5.41 Å². The van der Waals surface area contributed by atoms with Crippen LogP contribution in [-0.2, 0) is 5.41 Å². The van der Waals surface area contributed by atoms with E-state index >= 15 is 0 Å². The first-order chi connectivity index (χ1) is 28.1. The monoisotopic (exact) mass is 731 g/mol. The van der Waals surface area contributed by atoms with Gasteiger partial charge in [0.05, 0.1) is 33.3 Å². The number of hydrogen-bond acceptors (Lipinski definition) is 2. The third-order valence-corrected chi connectivity index (χ3v) is 12.3. The standard InChI is InChI=1S/C53H37N3O/c1-53(2)43-21-8-12-25-48(43)55(49-26-13-9-22-44(49)53)37-31-32-47-42(33-37)39-17-6-10-23-45(39)54(47)36-29-27-34(28-30-36)38-19-14-20-41-50-40-18-7-11-24-46(40)56(52(50)57-51(38)41)35-15-4-3-5-16-35/h3-33H,1-2H3. The summed E-state index contributed by atoms with van der Waals surface area (Å²) in [6.45, 7) is 4.67. The zero-order valence-corrected chi connectivity index (χ0v) is 31.6. The van der Waals surface area contributed by atoms with Gasteiger partial charge in [0.2, 0.25) is 5.71 Å². The number of aromatic nitrogens is 2. The van der Waals surface area contributed by atoms with Gasteiger partial charge in [-0.25, -0.2) is 0 Å². The highest BCUT2D eigenvalue weighted by atomic mass is 16.3. The number of benzene rings is 8. The van der Waals surface area contributed by atoms with Gasteiger partial charge in [-0.15, -0.1) is 0 Å². The van der Waals surface area contributed by atoms with Crippen LogP contribution in [-0.4, -0.2) is 9.13 Å². The van der Waals surface area contributed by atoms with Gasteiger partial charge in [0.25, 0.3) is 0 Å². The van der Waals surface area contributed by atoms with Gasteiger partial charge < -0.3 is 13.9 Å². The van der Waals surface area contributed by atoms with E-state index in [4.69, 9.17) is 4.42 Å². The molecule has 1 aliphatic rings. The van der Waals surface area contributed by atoms with Crippen LogP contribution < -0.4 is 4.90 Å². The molecule has 0 aliphatic carbocycles. The fourth-order valence-corrected chi connectivity index (χ4v) is 9.69. The third kappa shape index (κ3) is 4.50. The Kier molecular flexibility index (Phi) is 6.65. The normalized spacial score (nSPS) is 13.5. The van der Waals surface area contributed by atoms with Crippen molar-refractivity contribution in [3.05, 3.63) is 199 Å². The lowest BCUT2D eigenvalue weighted by Gasteiger charge is -2.42. The Morgan fingerprint density at radius 1 is 0.421 bits per heavy atom. The average molecular weight is 732 g/mol. The molecule has 57 heavy (non-hydrogen) atoms. The molecule has 0 radical (unpaired) electrons. The summed E-state index contributed by atoms with van der Waals surface area (Å²) in [5.74, 6) is 0. The van der Waals surface area contributed by atoms with E-state index in [1.807, 2.05) is 0 Å². The molecular formula is C53H37N3O. The molecule has 3 aromatic heterocycles. The number of nitrogens with zero attached hydrogens (tertiary/aromatic N) is 3. The lowest BCUT2D eigenvalue weighted by molar-refractivity contribution is 0.632. The maximum atomic E-state index is 6.90. The number of rotatable bonds is 4. The van der Waals surface area contributed by atoms with Crippen LogP contribution in [0.3, 0.4) is 0 Å². The van der Waals surface area contributed by atoms with Crippen LogP contribution >= 0.6 is 0 Å². The van der Waals surface area contributed by atoms with Crippen molar-refractivity contribution in [2.75, 3.05) is 4.90 Å². The molecule has 4 heterocycles. The number of furan rings is 1. The summed E-state index contributed by atoms with van der Waals surface area (Å²) < 4.78 is 11.5. The summed E-state index contributed by atoms with van der Waals surface area (Å²) in [5.41, 5.74) is 15.8. The minimum absolute atomic E-state index is 0.105. The van der Waals surface area contributed by atoms with Crippen molar-refractivity contribution >= 4 is 71.8 Å². The molecular weight excluding hydrogens is 695 g/mol. The fourth-order valence-electron chi connectivity index (χ4n) is 9.69. The van der Waals surface area contributed by atoms with E-state index < -0.39 is 0 Å². The molecule has 4 heteroatoms. The molecule has 11 aromatic rings. The van der Waals surface area contributed by atoms with Gasteiger partial charge in [-0.2, -0.15) is 0 Å². The van der Waals surface area contributed by atoms with Crippen molar-refractivity contribution in [1.82, 2.24) is 9.13 Å². The summed E-state index contributed by atoms with van der Waals surface area (Å²) >= 11 is 0. The molecule has 0 saturated heterocycles. The lowest BCUT2D eigenvalue weighted by atomic mass is 9.73. The molecule has 0 N–H and O–H groups in total. The predicted octanol–water partition coefficient (Wildman–Crippen LogP) is 14.4. The molecule has 0 saturated carbocycles. The van der Waals surface area contributed by atoms with E-state index in [0.29, 0.717) is 0 Å². The molecule has 12 rings (SSSR count). The van der Waals surface area contributed by atoms with Gasteiger partial charge in [0.15, 0.2) is 0 Å². The summed E-state index contributed by atoms with van der Waals surface area (Å²) in [6.07, 6.45) is 0. The first-order valence-corrected chi connectivity index (χ1v) is 19.7. The van der Waals surface area contributed by atoms with Crippen LogP contribution in [0.5, 0.6) is 0 Å². The van der Waals surface area contributed by atoms with Gasteiger partial charge in [-0.1, -0.05) is 135 Å². The van der Waals surface area contributed by atoms with Crippen LogP contribution in [0.15, 0.2) is 192 Å². The Bertz CT molecular complexity index is 3330. The predicted molar refractivity (Wildman–Crippen MR) is 237 cm³/mol. The second kappa shape index (κ2) is 11.8. The minimum Gasteiger partial charge on any atom is -0.438 e. The molecule has 0 spiro atoms. The molecule has 4 nitrogen and oxygen atoms in total. The van der Waals surface area contributed by atoms with Crippen molar-refractivity contribution in [1.29, 1.82) is 0 Å². The van der Waals surface area contributed by atoms with E-state index in [1.54, 1.807) is 0 Å². The Balaban J connectivity index is 0.992. The maximum absolute atomic E-state index is 6.90. The highest BCUT2D eigenvalue weighted by Gasteiger charge is 2.36. The Morgan fingerprint density at radius 3 is 1.72 bits per heavy atom. The van der Waals surface area contributed by atoms with Crippen LogP contribution in [0, 0.1) is 0 Å². The van der Waals surface area contributed by atoms with Gasteiger partial charge in [0.1, 0.15) is 5.58 Å². The molecule has 0 amide bonds. The minimum atomic E-state index is -0.105. The van der Waals surface area contributed by atoms with E-state index in [2.05, 4.69) is 216 Å². The summed E-state index contributed by atoms with van der Waals surface area (Å²) in [6, 6.07) is 68.0. The molecule has 1 aliphatic heterocycles. The lowest BCUT2D eigenvalue weighted by Crippen LogP contribution is -2.30. The summed E-state index contributed by atoms with van der Waals surface area (Å²) in [5, 5.41) is 5.92. The zero-order chi connectivity index (χ0) is 37.8. The van der Waals surface area contributed by atoms with Crippen molar-refractivity contribution in [3.63, 3.8) is 0 Å². The highest BCUT2D eigenvalue weighted by Crippen LogP contribution is 2.52. The molecule has 0 bridgehead atoms. The molecule has 0 unspecified atom stereocenters. The SMILES string of the molecule is CC1(C)c2ccccc2N(c2ccc3c(c2)c2ccccc2n3-c2ccc(-c3cccc4c3oc3c4c4ccccc4n3-c3ccccc3)cc2)c2ccccc21. The molecule has 8 aromatic carbocycles. The van der Waals surface area contributed by atoms with E-state index in [9.17, 15) is 0 Å². The van der Waals surface area contributed by atoms with Crippen LogP contribution in [0.25, 0.3) is 77.3 Å². The van der Waals surface area contributed by atoms with Crippen LogP contribution in [0.1, 0.15) is 25.0 Å². The number of fused-ring (bicyclic) bond motifs is 10.